The van der Waals surface area contributed by atoms with Crippen LogP contribution in [-0.4, -0.2) is 125 Å². The number of ether oxygens (including phenoxy) is 4. The number of aliphatic hydroxyl groups is 5. The van der Waals surface area contributed by atoms with Crippen LogP contribution in [0.4, 0.5) is 0 Å². The molecule has 33 heavy (non-hydrogen) atoms. The Morgan fingerprint density at radius 1 is 1.00 bits per heavy atom. The van der Waals surface area contributed by atoms with Crippen LogP contribution < -0.4 is 28.7 Å². The van der Waals surface area contributed by atoms with E-state index in [2.05, 4.69) is 0 Å². The van der Waals surface area contributed by atoms with Gasteiger partial charge in [-0.25, -0.2) is 0 Å². The average molecular weight is 484 g/mol. The van der Waals surface area contributed by atoms with Crippen molar-refractivity contribution >= 4 is 0 Å². The monoisotopic (exact) mass is 483 g/mol. The molecular weight excluding hydrogens is 442 g/mol. The van der Waals surface area contributed by atoms with Gasteiger partial charge < -0.3 is 73.1 Å². The van der Waals surface area contributed by atoms with E-state index in [0.717, 1.165) is 0 Å². The number of nitrogens with two attached hydrogens (primary N) is 5. The topological polar surface area (TPSA) is 268 Å². The molecule has 0 bridgehead atoms. The summed E-state index contributed by atoms with van der Waals surface area (Å²) in [4.78, 5) is 0. The zero-order valence-corrected chi connectivity index (χ0v) is 18.8. The molecule has 196 valence electrons. The summed E-state index contributed by atoms with van der Waals surface area (Å²) in [5, 5.41) is 50.9. The Labute approximate surface area is 192 Å². The number of hydrogen-bond acceptors (Lipinski definition) is 14. The van der Waals surface area contributed by atoms with Crippen LogP contribution in [0, 0.1) is 0 Å². The maximum Gasteiger partial charge on any atom is 0.186 e. The van der Waals surface area contributed by atoms with Gasteiger partial charge in [0.25, 0.3) is 0 Å². The van der Waals surface area contributed by atoms with Gasteiger partial charge in [0.05, 0.1) is 36.9 Å². The Balaban J connectivity index is 2.18. The normalized spacial score (nSPS) is 40.1. The molecule has 15 N–H and O–H groups in total. The maximum atomic E-state index is 11.1. The van der Waals surface area contributed by atoms with E-state index in [1.165, 1.54) is 6.92 Å². The Morgan fingerprint density at radius 2 is 1.67 bits per heavy atom. The molecule has 2 rings (SSSR count). The molecule has 2 heterocycles. The van der Waals surface area contributed by atoms with Gasteiger partial charge in [-0.3, -0.25) is 0 Å². The largest absolute Gasteiger partial charge is 0.394 e. The van der Waals surface area contributed by atoms with Gasteiger partial charge in [0.1, 0.15) is 36.6 Å². The first-order chi connectivity index (χ1) is 15.5. The van der Waals surface area contributed by atoms with Gasteiger partial charge in [0.2, 0.25) is 0 Å². The molecule has 2 aliphatic heterocycles. The summed E-state index contributed by atoms with van der Waals surface area (Å²) in [7, 11) is 0. The van der Waals surface area contributed by atoms with Crippen LogP contribution in [0.1, 0.15) is 19.8 Å². The molecular formula is C19H41N5O9. The minimum absolute atomic E-state index is 0.256. The van der Waals surface area contributed by atoms with Crippen molar-refractivity contribution in [2.45, 2.75) is 99.3 Å². The predicted molar refractivity (Wildman–Crippen MR) is 115 cm³/mol. The SMILES string of the molecule is CC(O)[C@H](N)C(O[C@H]1OC(CN)CCC1N)C(O)[C@H](CN)O[C@H]1OC(CO)[C@@H](O)C(N)C1O. The minimum atomic E-state index is -1.51. The van der Waals surface area contributed by atoms with Gasteiger partial charge in [0, 0.05) is 13.1 Å². The molecule has 8 unspecified atom stereocenters. The van der Waals surface area contributed by atoms with Crippen molar-refractivity contribution in [1.29, 1.82) is 0 Å². The van der Waals surface area contributed by atoms with E-state index < -0.39 is 80.0 Å². The van der Waals surface area contributed by atoms with Crippen molar-refractivity contribution < 1.29 is 44.5 Å². The van der Waals surface area contributed by atoms with Gasteiger partial charge in [-0.2, -0.15) is 0 Å². The van der Waals surface area contributed by atoms with E-state index in [4.69, 9.17) is 47.6 Å². The zero-order chi connectivity index (χ0) is 24.9. The molecule has 0 aromatic heterocycles. The van der Waals surface area contributed by atoms with E-state index >= 15 is 0 Å². The molecule has 0 aromatic rings. The van der Waals surface area contributed by atoms with Crippen LogP contribution in [0.25, 0.3) is 0 Å². The summed E-state index contributed by atoms with van der Waals surface area (Å²) in [5.41, 5.74) is 29.5. The van der Waals surface area contributed by atoms with E-state index in [1.54, 1.807) is 0 Å². The molecule has 13 atom stereocenters. The van der Waals surface area contributed by atoms with Crippen LogP contribution in [0.2, 0.25) is 0 Å². The molecule has 0 aliphatic carbocycles. The fourth-order valence-electron chi connectivity index (χ4n) is 3.90. The molecule has 0 saturated carbocycles. The molecule has 2 saturated heterocycles. The lowest BCUT2D eigenvalue weighted by Gasteiger charge is -2.43. The first kappa shape index (κ1) is 28.7. The lowest BCUT2D eigenvalue weighted by molar-refractivity contribution is -0.305. The van der Waals surface area contributed by atoms with Gasteiger partial charge in [-0.1, -0.05) is 0 Å². The predicted octanol–water partition coefficient (Wildman–Crippen LogP) is -5.66. The highest BCUT2D eigenvalue weighted by Crippen LogP contribution is 2.26. The highest BCUT2D eigenvalue weighted by molar-refractivity contribution is 4.94. The number of aliphatic hydroxyl groups excluding tert-OH is 5. The third kappa shape index (κ3) is 6.99. The summed E-state index contributed by atoms with van der Waals surface area (Å²) < 4.78 is 22.8. The molecule has 0 aromatic carbocycles. The zero-order valence-electron chi connectivity index (χ0n) is 18.8. The van der Waals surface area contributed by atoms with Crippen LogP contribution in [0.3, 0.4) is 0 Å². The second kappa shape index (κ2) is 12.9. The van der Waals surface area contributed by atoms with Crippen molar-refractivity contribution in [2.24, 2.45) is 28.7 Å². The summed E-state index contributed by atoms with van der Waals surface area (Å²) >= 11 is 0. The second-order valence-electron chi connectivity index (χ2n) is 8.71. The van der Waals surface area contributed by atoms with Crippen molar-refractivity contribution in [3.8, 4) is 0 Å². The fourth-order valence-corrected chi connectivity index (χ4v) is 3.90. The first-order valence-corrected chi connectivity index (χ1v) is 11.2. The molecule has 14 nitrogen and oxygen atoms in total. The Bertz CT molecular complexity index is 578. The van der Waals surface area contributed by atoms with Gasteiger partial charge in [-0.15, -0.1) is 0 Å². The van der Waals surface area contributed by atoms with Crippen LogP contribution in [-0.2, 0) is 18.9 Å². The molecule has 2 aliphatic rings. The third-order valence-electron chi connectivity index (χ3n) is 6.18. The smallest absolute Gasteiger partial charge is 0.186 e. The summed E-state index contributed by atoms with van der Waals surface area (Å²) in [6, 6.07) is -2.78. The maximum absolute atomic E-state index is 11.1. The van der Waals surface area contributed by atoms with Crippen molar-refractivity contribution in [2.75, 3.05) is 19.7 Å². The number of hydrogen-bond donors (Lipinski definition) is 10. The first-order valence-electron chi connectivity index (χ1n) is 11.2. The van der Waals surface area contributed by atoms with E-state index in [0.29, 0.717) is 12.8 Å². The highest BCUT2D eigenvalue weighted by Gasteiger charge is 2.46. The van der Waals surface area contributed by atoms with E-state index in [-0.39, 0.29) is 19.2 Å². The summed E-state index contributed by atoms with van der Waals surface area (Å²) in [6.07, 6.45) is -10.4. The average Bonchev–Trinajstić information content (AvgIpc) is 2.80. The summed E-state index contributed by atoms with van der Waals surface area (Å²) in [5.74, 6) is 0. The van der Waals surface area contributed by atoms with Crippen molar-refractivity contribution in [1.82, 2.24) is 0 Å². The lowest BCUT2D eigenvalue weighted by atomic mass is 9.95. The Hall–Kier alpha value is -0.560. The highest BCUT2D eigenvalue weighted by atomic mass is 16.7. The van der Waals surface area contributed by atoms with Gasteiger partial charge in [-0.05, 0) is 19.8 Å². The molecule has 0 radical (unpaired) electrons. The van der Waals surface area contributed by atoms with Crippen molar-refractivity contribution in [3.05, 3.63) is 0 Å². The van der Waals surface area contributed by atoms with Crippen LogP contribution in [0.15, 0.2) is 0 Å². The van der Waals surface area contributed by atoms with Crippen LogP contribution >= 0.6 is 0 Å². The Morgan fingerprint density at radius 3 is 2.21 bits per heavy atom. The summed E-state index contributed by atoms with van der Waals surface area (Å²) in [6.45, 7) is 0.850. The molecule has 0 spiro atoms. The molecule has 2 fully saturated rings. The quantitative estimate of drug-likeness (QED) is 0.131. The fraction of sp³-hybridized carbons (Fsp3) is 1.00. The standard InChI is InChI=1S/C19H41N5O9/c1-7(26)12(23)17(33-18-9(22)3-2-8(4-20)30-18)15(28)10(5-21)31-19-16(29)13(24)14(27)11(6-25)32-19/h7-19,25-29H,2-6,20-24H2,1H3/t7?,8?,9?,10-,11?,12-,13?,14+,15?,16?,17?,18+,19-/m0/s1. The van der Waals surface area contributed by atoms with E-state index in [1.807, 2.05) is 0 Å². The van der Waals surface area contributed by atoms with Crippen molar-refractivity contribution in [3.63, 3.8) is 0 Å². The lowest BCUT2D eigenvalue weighted by Crippen LogP contribution is -2.65. The minimum Gasteiger partial charge on any atom is -0.394 e. The third-order valence-corrected chi connectivity index (χ3v) is 6.18. The van der Waals surface area contributed by atoms with Crippen LogP contribution in [0.5, 0.6) is 0 Å². The Kier molecular flexibility index (Phi) is 11.2. The number of rotatable bonds is 11. The van der Waals surface area contributed by atoms with Gasteiger partial charge in [0.15, 0.2) is 12.6 Å². The second-order valence-corrected chi connectivity index (χ2v) is 8.71. The molecule has 14 heteroatoms. The molecule has 0 amide bonds. The van der Waals surface area contributed by atoms with Gasteiger partial charge >= 0.3 is 0 Å². The van der Waals surface area contributed by atoms with E-state index in [9.17, 15) is 25.5 Å².